The number of benzene rings is 1. The van der Waals surface area contributed by atoms with Crippen LogP contribution in [0.5, 0.6) is 0 Å². The van der Waals surface area contributed by atoms with Gasteiger partial charge in [0.05, 0.1) is 11.4 Å². The van der Waals surface area contributed by atoms with Crippen LogP contribution in [0.3, 0.4) is 0 Å². The standard InChI is InChI=1S/C9H11NO5S2/c1-2-16(11,12)6-7-3-4-8(10)9(5-7)17(13,14)15/h2-5H,1,6,10H2,(H,13,14,15). The summed E-state index contributed by atoms with van der Waals surface area (Å²) in [6.07, 6.45) is 0. The van der Waals surface area contributed by atoms with E-state index in [9.17, 15) is 16.8 Å². The van der Waals surface area contributed by atoms with Crippen LogP contribution in [0.25, 0.3) is 0 Å². The van der Waals surface area contributed by atoms with E-state index in [-0.39, 0.29) is 11.3 Å². The minimum atomic E-state index is -4.46. The summed E-state index contributed by atoms with van der Waals surface area (Å²) < 4.78 is 53.3. The first-order valence-electron chi connectivity index (χ1n) is 4.37. The fraction of sp³-hybridized carbons (Fsp3) is 0.111. The van der Waals surface area contributed by atoms with Crippen LogP contribution in [-0.4, -0.2) is 21.4 Å². The average molecular weight is 277 g/mol. The Bertz CT molecular complexity index is 646. The molecule has 0 aromatic heterocycles. The van der Waals surface area contributed by atoms with Gasteiger partial charge in [-0.1, -0.05) is 12.6 Å². The van der Waals surface area contributed by atoms with Crippen LogP contribution in [0.1, 0.15) is 5.56 Å². The van der Waals surface area contributed by atoms with Crippen LogP contribution in [0, 0.1) is 0 Å². The highest BCUT2D eigenvalue weighted by atomic mass is 32.2. The molecule has 8 heteroatoms. The summed E-state index contributed by atoms with van der Waals surface area (Å²) >= 11 is 0. The number of sulfone groups is 1. The van der Waals surface area contributed by atoms with Gasteiger partial charge < -0.3 is 5.73 Å². The zero-order valence-electron chi connectivity index (χ0n) is 8.70. The molecule has 94 valence electrons. The summed E-state index contributed by atoms with van der Waals surface area (Å²) in [6.45, 7) is 3.14. The van der Waals surface area contributed by atoms with Gasteiger partial charge in [-0.05, 0) is 17.7 Å². The van der Waals surface area contributed by atoms with Crippen molar-refractivity contribution in [2.75, 3.05) is 5.73 Å². The van der Waals surface area contributed by atoms with Crippen LogP contribution < -0.4 is 5.73 Å². The largest absolute Gasteiger partial charge is 0.398 e. The molecule has 0 unspecified atom stereocenters. The Morgan fingerprint density at radius 3 is 2.35 bits per heavy atom. The van der Waals surface area contributed by atoms with Crippen molar-refractivity contribution in [3.8, 4) is 0 Å². The maximum absolute atomic E-state index is 11.3. The van der Waals surface area contributed by atoms with Gasteiger partial charge in [0.25, 0.3) is 10.1 Å². The molecule has 1 rings (SSSR count). The lowest BCUT2D eigenvalue weighted by atomic mass is 10.2. The van der Waals surface area contributed by atoms with Crippen LogP contribution in [0.15, 0.2) is 35.1 Å². The molecule has 0 bridgehead atoms. The van der Waals surface area contributed by atoms with Gasteiger partial charge in [-0.15, -0.1) is 0 Å². The van der Waals surface area contributed by atoms with E-state index < -0.39 is 30.6 Å². The van der Waals surface area contributed by atoms with Crippen molar-refractivity contribution >= 4 is 25.6 Å². The molecule has 0 aliphatic rings. The van der Waals surface area contributed by atoms with E-state index in [1.54, 1.807) is 0 Å². The fourth-order valence-electron chi connectivity index (χ4n) is 1.18. The van der Waals surface area contributed by atoms with Gasteiger partial charge in [0.15, 0.2) is 9.84 Å². The normalized spacial score (nSPS) is 12.3. The monoisotopic (exact) mass is 277 g/mol. The number of rotatable bonds is 4. The van der Waals surface area contributed by atoms with E-state index in [0.29, 0.717) is 0 Å². The van der Waals surface area contributed by atoms with Crippen molar-refractivity contribution in [2.45, 2.75) is 10.6 Å². The topological polar surface area (TPSA) is 115 Å². The average Bonchev–Trinajstić information content (AvgIpc) is 2.19. The van der Waals surface area contributed by atoms with Gasteiger partial charge in [-0.2, -0.15) is 8.42 Å². The van der Waals surface area contributed by atoms with Crippen LogP contribution in [-0.2, 0) is 25.7 Å². The molecule has 3 N–H and O–H groups in total. The van der Waals surface area contributed by atoms with E-state index >= 15 is 0 Å². The lowest BCUT2D eigenvalue weighted by Crippen LogP contribution is -2.06. The second kappa shape index (κ2) is 4.47. The molecule has 1 aromatic carbocycles. The highest BCUT2D eigenvalue weighted by Gasteiger charge is 2.16. The predicted molar refractivity (Wildman–Crippen MR) is 63.5 cm³/mol. The third-order valence-corrected chi connectivity index (χ3v) is 4.13. The molecule has 1 aromatic rings. The molecule has 0 amide bonds. The van der Waals surface area contributed by atoms with Gasteiger partial charge >= 0.3 is 0 Å². The van der Waals surface area contributed by atoms with Gasteiger partial charge in [-0.25, -0.2) is 8.42 Å². The quantitative estimate of drug-likeness (QED) is 0.614. The Morgan fingerprint density at radius 2 is 1.88 bits per heavy atom. The molecule has 6 nitrogen and oxygen atoms in total. The van der Waals surface area contributed by atoms with Crippen molar-refractivity contribution < 1.29 is 21.4 Å². The summed E-state index contributed by atoms with van der Waals surface area (Å²) in [4.78, 5) is -0.505. The Balaban J connectivity index is 3.28. The first-order chi connectivity index (χ1) is 7.65. The summed E-state index contributed by atoms with van der Waals surface area (Å²) in [5, 5.41) is 0.774. The zero-order valence-corrected chi connectivity index (χ0v) is 10.3. The molecule has 0 saturated heterocycles. The van der Waals surface area contributed by atoms with Crippen molar-refractivity contribution in [2.24, 2.45) is 0 Å². The minimum Gasteiger partial charge on any atom is -0.398 e. The minimum absolute atomic E-state index is 0.146. The summed E-state index contributed by atoms with van der Waals surface area (Å²) in [7, 11) is -7.96. The highest BCUT2D eigenvalue weighted by molar-refractivity contribution is 7.93. The van der Waals surface area contributed by atoms with Crippen LogP contribution in [0.2, 0.25) is 0 Å². The van der Waals surface area contributed by atoms with E-state index in [1.165, 1.54) is 12.1 Å². The number of hydrogen-bond acceptors (Lipinski definition) is 5. The fourth-order valence-corrected chi connectivity index (χ4v) is 2.61. The maximum atomic E-state index is 11.3. The van der Waals surface area contributed by atoms with E-state index in [0.717, 1.165) is 11.5 Å². The molecule has 17 heavy (non-hydrogen) atoms. The molecule has 0 heterocycles. The third-order valence-electron chi connectivity index (χ3n) is 1.98. The lowest BCUT2D eigenvalue weighted by molar-refractivity contribution is 0.483. The molecule has 0 atom stereocenters. The zero-order chi connectivity index (χ0) is 13.3. The molecule has 0 spiro atoms. The molecule has 0 saturated carbocycles. The SMILES string of the molecule is C=CS(=O)(=O)Cc1ccc(N)c(S(=O)(=O)O)c1. The van der Waals surface area contributed by atoms with Gasteiger partial charge in [0.1, 0.15) is 4.90 Å². The Hall–Kier alpha value is -1.38. The number of nitrogens with two attached hydrogens (primary N) is 1. The maximum Gasteiger partial charge on any atom is 0.296 e. The molecule has 0 aliphatic heterocycles. The second-order valence-corrected chi connectivity index (χ2v) is 6.66. The number of anilines is 1. The summed E-state index contributed by atoms with van der Waals surface area (Å²) in [5.41, 5.74) is 5.42. The predicted octanol–water partition coefficient (Wildman–Crippen LogP) is 0.574. The number of hydrogen-bond donors (Lipinski definition) is 2. The van der Waals surface area contributed by atoms with E-state index in [1.807, 2.05) is 0 Å². The van der Waals surface area contributed by atoms with E-state index in [2.05, 4.69) is 6.58 Å². The van der Waals surface area contributed by atoms with Crippen molar-refractivity contribution in [3.63, 3.8) is 0 Å². The van der Waals surface area contributed by atoms with Gasteiger partial charge in [0, 0.05) is 5.41 Å². The molecule has 0 radical (unpaired) electrons. The highest BCUT2D eigenvalue weighted by Crippen LogP contribution is 2.21. The Morgan fingerprint density at radius 1 is 1.29 bits per heavy atom. The van der Waals surface area contributed by atoms with Crippen molar-refractivity contribution in [1.29, 1.82) is 0 Å². The van der Waals surface area contributed by atoms with Crippen LogP contribution in [0.4, 0.5) is 5.69 Å². The first kappa shape index (κ1) is 13.7. The molecular weight excluding hydrogens is 266 g/mol. The van der Waals surface area contributed by atoms with Gasteiger partial charge in [0.2, 0.25) is 0 Å². The molecular formula is C9H11NO5S2. The summed E-state index contributed by atoms with van der Waals surface area (Å²) in [5.74, 6) is -0.403. The molecule has 0 aliphatic carbocycles. The summed E-state index contributed by atoms with van der Waals surface area (Å²) in [6, 6.07) is 3.60. The van der Waals surface area contributed by atoms with Crippen LogP contribution >= 0.6 is 0 Å². The Kier molecular flexibility index (Phi) is 3.60. The lowest BCUT2D eigenvalue weighted by Gasteiger charge is -2.05. The van der Waals surface area contributed by atoms with Gasteiger partial charge in [-0.3, -0.25) is 4.55 Å². The van der Waals surface area contributed by atoms with Crippen molar-refractivity contribution in [1.82, 2.24) is 0 Å². The van der Waals surface area contributed by atoms with Crippen molar-refractivity contribution in [3.05, 3.63) is 35.7 Å². The second-order valence-electron chi connectivity index (χ2n) is 3.32. The Labute approximate surface area is 99.4 Å². The first-order valence-corrected chi connectivity index (χ1v) is 7.52. The number of nitrogen functional groups attached to an aromatic ring is 1. The smallest absolute Gasteiger partial charge is 0.296 e. The third kappa shape index (κ3) is 3.55. The van der Waals surface area contributed by atoms with E-state index in [4.69, 9.17) is 10.3 Å². The molecule has 0 fully saturated rings.